The molecular formula is C18H19F2NO6S. The average molecular weight is 415 g/mol. The van der Waals surface area contributed by atoms with E-state index in [0.717, 1.165) is 13.2 Å². The van der Waals surface area contributed by atoms with Crippen LogP contribution in [0.15, 0.2) is 24.3 Å². The molecule has 1 amide bonds. The number of ether oxygens (including phenoxy) is 1. The molecule has 1 aliphatic heterocycles. The zero-order chi connectivity index (χ0) is 21.1. The summed E-state index contributed by atoms with van der Waals surface area (Å²) < 4.78 is 51.0. The van der Waals surface area contributed by atoms with Crippen molar-refractivity contribution in [3.05, 3.63) is 29.8 Å². The number of alkyl halides is 2. The Morgan fingerprint density at radius 3 is 2.50 bits per heavy atom. The van der Waals surface area contributed by atoms with E-state index in [1.54, 1.807) is 24.3 Å². The highest BCUT2D eigenvalue weighted by atomic mass is 32.2. The second kappa shape index (κ2) is 8.14. The molecule has 0 bridgehead atoms. The number of carbonyl (C=O) groups excluding carboxylic acids is 1. The highest BCUT2D eigenvalue weighted by Crippen LogP contribution is 2.30. The Labute approximate surface area is 161 Å². The highest BCUT2D eigenvalue weighted by Gasteiger charge is 2.48. The maximum Gasteiger partial charge on any atom is 0.414 e. The van der Waals surface area contributed by atoms with Crippen LogP contribution in [0, 0.1) is 11.8 Å². The Kier molecular flexibility index (Phi) is 6.29. The van der Waals surface area contributed by atoms with Crippen molar-refractivity contribution in [1.82, 2.24) is 0 Å². The van der Waals surface area contributed by atoms with Gasteiger partial charge in [0.1, 0.15) is 6.10 Å². The molecule has 10 heteroatoms. The smallest absolute Gasteiger partial charge is 0.414 e. The van der Waals surface area contributed by atoms with Crippen LogP contribution < -0.4 is 4.90 Å². The molecule has 7 nitrogen and oxygen atoms in total. The van der Waals surface area contributed by atoms with Crippen LogP contribution in [0.2, 0.25) is 0 Å². The van der Waals surface area contributed by atoms with Crippen molar-refractivity contribution in [3.63, 3.8) is 0 Å². The van der Waals surface area contributed by atoms with E-state index in [1.807, 2.05) is 0 Å². The molecule has 0 spiro atoms. The maximum atomic E-state index is 12.1. The lowest BCUT2D eigenvalue weighted by molar-refractivity contribution is -0.140. The van der Waals surface area contributed by atoms with Crippen molar-refractivity contribution in [2.45, 2.75) is 37.0 Å². The third-order valence-electron chi connectivity index (χ3n) is 4.43. The van der Waals surface area contributed by atoms with Gasteiger partial charge in [-0.2, -0.15) is 0 Å². The van der Waals surface area contributed by atoms with Crippen molar-refractivity contribution in [2.75, 3.05) is 17.7 Å². The number of amides is 1. The first kappa shape index (κ1) is 21.6. The van der Waals surface area contributed by atoms with Gasteiger partial charge in [-0.15, -0.1) is 0 Å². The van der Waals surface area contributed by atoms with E-state index in [4.69, 9.17) is 4.74 Å². The van der Waals surface area contributed by atoms with Gasteiger partial charge in [0, 0.05) is 23.9 Å². The SMILES string of the molecule is CC(CC1CN(c2ccc(C#CCC(F)F)cc2)C(=O)O1)(C(=O)O)S(C)(=O)=O. The number of carboxylic acids is 1. The molecule has 0 radical (unpaired) electrons. The second-order valence-corrected chi connectivity index (χ2v) is 9.02. The summed E-state index contributed by atoms with van der Waals surface area (Å²) in [5, 5.41) is 9.32. The number of cyclic esters (lactones) is 1. The maximum absolute atomic E-state index is 12.1. The number of hydrogen-bond acceptors (Lipinski definition) is 5. The molecule has 0 aliphatic carbocycles. The van der Waals surface area contributed by atoms with Crippen LogP contribution in [0.3, 0.4) is 0 Å². The molecule has 2 atom stereocenters. The monoisotopic (exact) mass is 415 g/mol. The summed E-state index contributed by atoms with van der Waals surface area (Å²) in [6.45, 7) is 1.06. The number of aliphatic carboxylic acids is 1. The van der Waals surface area contributed by atoms with Crippen LogP contribution in [0.5, 0.6) is 0 Å². The zero-order valence-corrected chi connectivity index (χ0v) is 16.0. The van der Waals surface area contributed by atoms with Crippen molar-refractivity contribution in [2.24, 2.45) is 0 Å². The number of benzene rings is 1. The van der Waals surface area contributed by atoms with Gasteiger partial charge >= 0.3 is 12.1 Å². The predicted octanol–water partition coefficient (Wildman–Crippen LogP) is 2.30. The van der Waals surface area contributed by atoms with Crippen molar-refractivity contribution in [3.8, 4) is 11.8 Å². The summed E-state index contributed by atoms with van der Waals surface area (Å²) in [6.07, 6.45) is -4.27. The summed E-state index contributed by atoms with van der Waals surface area (Å²) in [6, 6.07) is 6.19. The number of carbonyl (C=O) groups is 2. The van der Waals surface area contributed by atoms with Crippen molar-refractivity contribution in [1.29, 1.82) is 0 Å². The minimum atomic E-state index is -3.95. The summed E-state index contributed by atoms with van der Waals surface area (Å²) in [7, 11) is -3.95. The molecule has 1 N–H and O–H groups in total. The molecule has 2 rings (SSSR count). The highest BCUT2D eigenvalue weighted by molar-refractivity contribution is 7.92. The lowest BCUT2D eigenvalue weighted by atomic mass is 10.0. The fraction of sp³-hybridized carbons (Fsp3) is 0.444. The van der Waals surface area contributed by atoms with Gasteiger partial charge in [-0.05, 0) is 31.2 Å². The number of rotatable bonds is 6. The Balaban J connectivity index is 2.12. The second-order valence-electron chi connectivity index (χ2n) is 6.57. The average Bonchev–Trinajstić information content (AvgIpc) is 2.94. The number of hydrogen-bond donors (Lipinski definition) is 1. The van der Waals surface area contributed by atoms with Crippen LogP contribution in [0.25, 0.3) is 0 Å². The van der Waals surface area contributed by atoms with E-state index in [0.29, 0.717) is 11.3 Å². The van der Waals surface area contributed by atoms with E-state index in [1.165, 1.54) is 4.90 Å². The van der Waals surface area contributed by atoms with Crippen molar-refractivity contribution < 1.29 is 36.6 Å². The summed E-state index contributed by atoms with van der Waals surface area (Å²) in [5.74, 6) is 3.40. The van der Waals surface area contributed by atoms with Gasteiger partial charge in [0.25, 0.3) is 0 Å². The van der Waals surface area contributed by atoms with Crippen LogP contribution in [-0.4, -0.2) is 55.7 Å². The molecule has 1 aromatic rings. The van der Waals surface area contributed by atoms with Gasteiger partial charge < -0.3 is 9.84 Å². The summed E-state index contributed by atoms with van der Waals surface area (Å²) in [4.78, 5) is 24.8. The molecule has 1 heterocycles. The largest absolute Gasteiger partial charge is 0.480 e. The minimum absolute atomic E-state index is 0.0202. The molecule has 1 saturated heterocycles. The molecule has 0 saturated carbocycles. The minimum Gasteiger partial charge on any atom is -0.480 e. The number of halogens is 2. The normalized spacial score (nSPS) is 19.0. The number of anilines is 1. The van der Waals surface area contributed by atoms with Gasteiger partial charge in [-0.3, -0.25) is 9.69 Å². The first-order valence-corrected chi connectivity index (χ1v) is 10.1. The quantitative estimate of drug-likeness (QED) is 0.716. The zero-order valence-electron chi connectivity index (χ0n) is 15.2. The lowest BCUT2D eigenvalue weighted by Gasteiger charge is -2.24. The summed E-state index contributed by atoms with van der Waals surface area (Å²) in [5.41, 5.74) is 0.923. The molecule has 1 aromatic carbocycles. The Bertz CT molecular complexity index is 920. The first-order valence-electron chi connectivity index (χ1n) is 8.22. The van der Waals surface area contributed by atoms with Gasteiger partial charge in [0.05, 0.1) is 13.0 Å². The van der Waals surface area contributed by atoms with Crippen molar-refractivity contribution >= 4 is 27.6 Å². The Hall–Kier alpha value is -2.67. The molecule has 28 heavy (non-hydrogen) atoms. The topological polar surface area (TPSA) is 101 Å². The van der Waals surface area contributed by atoms with E-state index in [2.05, 4.69) is 11.8 Å². The van der Waals surface area contributed by atoms with Crippen LogP contribution in [-0.2, 0) is 19.4 Å². The van der Waals surface area contributed by atoms with Gasteiger partial charge in [-0.1, -0.05) is 11.8 Å². The fourth-order valence-electron chi connectivity index (χ4n) is 2.63. The van der Waals surface area contributed by atoms with Gasteiger partial charge in [0.15, 0.2) is 14.6 Å². The van der Waals surface area contributed by atoms with E-state index >= 15 is 0 Å². The summed E-state index contributed by atoms with van der Waals surface area (Å²) >= 11 is 0. The Morgan fingerprint density at radius 2 is 2.00 bits per heavy atom. The number of nitrogens with zero attached hydrogens (tertiary/aromatic N) is 1. The van der Waals surface area contributed by atoms with Gasteiger partial charge in [0.2, 0.25) is 6.43 Å². The molecule has 2 unspecified atom stereocenters. The third kappa shape index (κ3) is 4.78. The number of sulfone groups is 1. The third-order valence-corrected chi connectivity index (χ3v) is 6.41. The molecule has 1 aliphatic rings. The van der Waals surface area contributed by atoms with E-state index in [-0.39, 0.29) is 13.0 Å². The molecule has 0 aromatic heterocycles. The molecule has 1 fully saturated rings. The molecule has 152 valence electrons. The van der Waals surface area contributed by atoms with Gasteiger partial charge in [-0.25, -0.2) is 22.0 Å². The van der Waals surface area contributed by atoms with Crippen LogP contribution >= 0.6 is 0 Å². The lowest BCUT2D eigenvalue weighted by Crippen LogP contribution is -2.46. The standard InChI is InChI=1S/C18H19F2NO6S/c1-18(16(22)23,28(2,25)26)10-14-11-21(17(24)27-14)13-8-6-12(7-9-13)4-3-5-15(19)20/h6-9,14-15H,5,10-11H2,1-2H3,(H,22,23). The van der Waals surface area contributed by atoms with Crippen LogP contribution in [0.1, 0.15) is 25.3 Å². The van der Waals surface area contributed by atoms with E-state index in [9.17, 15) is 31.9 Å². The fourth-order valence-corrected chi connectivity index (χ4v) is 3.43. The Morgan fingerprint density at radius 1 is 1.39 bits per heavy atom. The number of carboxylic acid groups (broad SMARTS) is 1. The van der Waals surface area contributed by atoms with E-state index < -0.39 is 45.6 Å². The van der Waals surface area contributed by atoms with Crippen LogP contribution in [0.4, 0.5) is 19.3 Å². The predicted molar refractivity (Wildman–Crippen MR) is 97.1 cm³/mol. The molecular weight excluding hydrogens is 396 g/mol. The first-order chi connectivity index (χ1) is 12.9.